The molecule has 154 valence electrons. The molecule has 1 aliphatic carbocycles. The van der Waals surface area contributed by atoms with Gasteiger partial charge in [0.25, 0.3) is 5.91 Å². The lowest BCUT2D eigenvalue weighted by molar-refractivity contribution is -0.883. The highest BCUT2D eigenvalue weighted by Gasteiger charge is 2.32. The van der Waals surface area contributed by atoms with Crippen LogP contribution in [0.1, 0.15) is 48.3 Å². The SMILES string of the molecule is C[NH+]1CCN(C(=O)c2nc3c4c5c(sc4ncn3n2)C[C@@H](C(C)(C)C)CC5)CC1. The Balaban J connectivity index is 1.53. The van der Waals surface area contributed by atoms with Crippen molar-refractivity contribution in [2.24, 2.45) is 11.3 Å². The minimum atomic E-state index is -0.0637. The molecule has 0 aromatic carbocycles. The van der Waals surface area contributed by atoms with E-state index in [1.807, 2.05) is 4.90 Å². The fourth-order valence-electron chi connectivity index (χ4n) is 4.64. The molecule has 1 fully saturated rings. The average molecular weight is 414 g/mol. The van der Waals surface area contributed by atoms with Crippen molar-refractivity contribution in [3.05, 3.63) is 22.6 Å². The third-order valence-electron chi connectivity index (χ3n) is 6.71. The first kappa shape index (κ1) is 18.9. The number of piperazine rings is 1. The molecule has 1 N–H and O–H groups in total. The molecule has 3 aromatic heterocycles. The highest BCUT2D eigenvalue weighted by molar-refractivity contribution is 7.19. The van der Waals surface area contributed by atoms with Gasteiger partial charge >= 0.3 is 0 Å². The molecule has 3 aromatic rings. The van der Waals surface area contributed by atoms with Gasteiger partial charge in [-0.1, -0.05) is 20.8 Å². The van der Waals surface area contributed by atoms with E-state index in [-0.39, 0.29) is 5.91 Å². The number of fused-ring (bicyclic) bond motifs is 5. The van der Waals surface area contributed by atoms with E-state index in [0.717, 1.165) is 54.9 Å². The third-order valence-corrected chi connectivity index (χ3v) is 7.87. The highest BCUT2D eigenvalue weighted by atomic mass is 32.1. The average Bonchev–Trinajstić information content (AvgIpc) is 3.27. The van der Waals surface area contributed by atoms with Crippen molar-refractivity contribution in [2.45, 2.75) is 40.0 Å². The van der Waals surface area contributed by atoms with Crippen LogP contribution in [0.15, 0.2) is 6.33 Å². The molecule has 4 heterocycles. The summed E-state index contributed by atoms with van der Waals surface area (Å²) in [6.07, 6.45) is 5.05. The lowest BCUT2D eigenvalue weighted by Crippen LogP contribution is -3.12. The molecule has 0 saturated carbocycles. The minimum Gasteiger partial charge on any atom is -0.334 e. The Hall–Kier alpha value is -2.06. The molecular formula is C21H29N6OS+. The summed E-state index contributed by atoms with van der Waals surface area (Å²) >= 11 is 1.79. The van der Waals surface area contributed by atoms with Crippen molar-refractivity contribution in [3.63, 3.8) is 0 Å². The summed E-state index contributed by atoms with van der Waals surface area (Å²) in [4.78, 5) is 28.1. The van der Waals surface area contributed by atoms with Gasteiger partial charge in [-0.05, 0) is 36.2 Å². The van der Waals surface area contributed by atoms with Gasteiger partial charge in [0.05, 0.1) is 38.6 Å². The minimum absolute atomic E-state index is 0.0637. The number of hydrogen-bond donors (Lipinski definition) is 1. The van der Waals surface area contributed by atoms with Crippen LogP contribution in [0.5, 0.6) is 0 Å². The predicted molar refractivity (Wildman–Crippen MR) is 114 cm³/mol. The molecule has 1 amide bonds. The van der Waals surface area contributed by atoms with Crippen molar-refractivity contribution in [1.82, 2.24) is 24.5 Å². The molecule has 0 bridgehead atoms. The Kier molecular flexibility index (Phi) is 4.40. The Labute approximate surface area is 174 Å². The van der Waals surface area contributed by atoms with Gasteiger partial charge in [-0.2, -0.15) is 0 Å². The third kappa shape index (κ3) is 3.22. The van der Waals surface area contributed by atoms with Gasteiger partial charge in [0, 0.05) is 4.88 Å². The Morgan fingerprint density at radius 2 is 2.03 bits per heavy atom. The summed E-state index contributed by atoms with van der Waals surface area (Å²) in [5.41, 5.74) is 2.47. The summed E-state index contributed by atoms with van der Waals surface area (Å²) in [7, 11) is 2.16. The van der Waals surface area contributed by atoms with E-state index < -0.39 is 0 Å². The molecular weight excluding hydrogens is 384 g/mol. The number of amides is 1. The van der Waals surface area contributed by atoms with Crippen molar-refractivity contribution in [2.75, 3.05) is 33.2 Å². The molecule has 1 atom stereocenters. The number of carbonyl (C=O) groups excluding carboxylic acids is 1. The Bertz CT molecular complexity index is 1090. The fourth-order valence-corrected chi connectivity index (χ4v) is 5.90. The van der Waals surface area contributed by atoms with Gasteiger partial charge < -0.3 is 9.80 Å². The van der Waals surface area contributed by atoms with Crippen molar-refractivity contribution in [1.29, 1.82) is 0 Å². The first-order valence-electron chi connectivity index (χ1n) is 10.6. The zero-order valence-electron chi connectivity index (χ0n) is 17.7. The number of aromatic nitrogens is 4. The monoisotopic (exact) mass is 413 g/mol. The zero-order valence-corrected chi connectivity index (χ0v) is 18.5. The van der Waals surface area contributed by atoms with Gasteiger partial charge in [-0.25, -0.2) is 14.5 Å². The largest absolute Gasteiger partial charge is 0.334 e. The lowest BCUT2D eigenvalue weighted by atomic mass is 9.72. The van der Waals surface area contributed by atoms with Crippen LogP contribution in [-0.4, -0.2) is 63.6 Å². The molecule has 1 saturated heterocycles. The van der Waals surface area contributed by atoms with E-state index in [2.05, 4.69) is 37.9 Å². The van der Waals surface area contributed by atoms with Crippen LogP contribution in [0.25, 0.3) is 15.9 Å². The number of carbonyl (C=O) groups is 1. The number of nitrogens with one attached hydrogen (secondary N) is 1. The first-order valence-corrected chi connectivity index (χ1v) is 11.4. The standard InChI is InChI=1S/C21H28N6OS/c1-21(2,3)13-5-6-14-15(11-13)29-19-16(14)18-23-17(24-27(18)12-22-19)20(28)26-9-7-25(4)8-10-26/h12-13H,5-11H2,1-4H3/p+1/t13-/m0/s1. The van der Waals surface area contributed by atoms with Crippen LogP contribution in [-0.2, 0) is 12.8 Å². The molecule has 8 heteroatoms. The normalized spacial score (nSPS) is 21.1. The lowest BCUT2D eigenvalue weighted by Gasteiger charge is -2.33. The number of quaternary nitrogens is 1. The molecule has 1 aliphatic heterocycles. The second kappa shape index (κ2) is 6.74. The van der Waals surface area contributed by atoms with Crippen molar-refractivity contribution < 1.29 is 9.69 Å². The van der Waals surface area contributed by atoms with Crippen LogP contribution >= 0.6 is 11.3 Å². The number of rotatable bonds is 1. The van der Waals surface area contributed by atoms with Crippen LogP contribution in [0.2, 0.25) is 0 Å². The molecule has 7 nitrogen and oxygen atoms in total. The second-order valence-electron chi connectivity index (χ2n) is 9.69. The highest BCUT2D eigenvalue weighted by Crippen LogP contribution is 2.43. The summed E-state index contributed by atoms with van der Waals surface area (Å²) < 4.78 is 1.69. The maximum atomic E-state index is 13.0. The topological polar surface area (TPSA) is 67.8 Å². The van der Waals surface area contributed by atoms with E-state index >= 15 is 0 Å². The van der Waals surface area contributed by atoms with Crippen LogP contribution < -0.4 is 4.90 Å². The summed E-state index contributed by atoms with van der Waals surface area (Å²) in [6, 6.07) is 0. The van der Waals surface area contributed by atoms with Gasteiger partial charge in [0.1, 0.15) is 11.2 Å². The smallest absolute Gasteiger partial charge is 0.293 e. The van der Waals surface area contributed by atoms with E-state index in [0.29, 0.717) is 17.2 Å². The quantitative estimate of drug-likeness (QED) is 0.656. The van der Waals surface area contributed by atoms with Crippen LogP contribution in [0, 0.1) is 11.3 Å². The van der Waals surface area contributed by atoms with Gasteiger partial charge in [-0.15, -0.1) is 16.4 Å². The van der Waals surface area contributed by atoms with Crippen LogP contribution in [0.4, 0.5) is 0 Å². The molecule has 0 radical (unpaired) electrons. The molecule has 0 spiro atoms. The number of hydrogen-bond acceptors (Lipinski definition) is 5. The maximum absolute atomic E-state index is 13.0. The van der Waals surface area contributed by atoms with E-state index in [4.69, 9.17) is 4.98 Å². The van der Waals surface area contributed by atoms with Gasteiger partial charge in [-0.3, -0.25) is 4.79 Å². The molecule has 5 rings (SSSR count). The van der Waals surface area contributed by atoms with Gasteiger partial charge in [0.2, 0.25) is 5.82 Å². The van der Waals surface area contributed by atoms with E-state index in [1.54, 1.807) is 22.2 Å². The van der Waals surface area contributed by atoms with Crippen molar-refractivity contribution >= 4 is 33.1 Å². The van der Waals surface area contributed by atoms with Gasteiger partial charge in [0.15, 0.2) is 5.65 Å². The zero-order chi connectivity index (χ0) is 20.3. The second-order valence-corrected chi connectivity index (χ2v) is 10.8. The van der Waals surface area contributed by atoms with E-state index in [9.17, 15) is 4.79 Å². The maximum Gasteiger partial charge on any atom is 0.293 e. The number of nitrogens with zero attached hydrogens (tertiary/aromatic N) is 5. The van der Waals surface area contributed by atoms with Crippen LogP contribution in [0.3, 0.4) is 0 Å². The first-order chi connectivity index (χ1) is 13.8. The van der Waals surface area contributed by atoms with E-state index in [1.165, 1.54) is 21.8 Å². The predicted octanol–water partition coefficient (Wildman–Crippen LogP) is 1.46. The fraction of sp³-hybridized carbons (Fsp3) is 0.619. The number of thiophene rings is 1. The summed E-state index contributed by atoms with van der Waals surface area (Å²) in [6.45, 7) is 10.5. The molecule has 0 unspecified atom stereocenters. The van der Waals surface area contributed by atoms with Crippen molar-refractivity contribution in [3.8, 4) is 0 Å². The summed E-state index contributed by atoms with van der Waals surface area (Å²) in [5, 5.41) is 5.60. The molecule has 29 heavy (non-hydrogen) atoms. The number of likely N-dealkylation sites (N-methyl/N-ethyl adjacent to an activating group) is 1. The summed E-state index contributed by atoms with van der Waals surface area (Å²) in [5.74, 6) is 0.918. The Morgan fingerprint density at radius 3 is 2.76 bits per heavy atom. The molecule has 2 aliphatic rings. The Morgan fingerprint density at radius 1 is 1.28 bits per heavy atom. The number of aryl methyl sites for hydroxylation is 1.